The fourth-order valence-electron chi connectivity index (χ4n) is 2.44. The Morgan fingerprint density at radius 2 is 2.16 bits per heavy atom. The summed E-state index contributed by atoms with van der Waals surface area (Å²) in [5, 5.41) is 12.4. The lowest BCUT2D eigenvalue weighted by molar-refractivity contribution is -0.135. The third-order valence-corrected chi connectivity index (χ3v) is 3.33. The van der Waals surface area contributed by atoms with E-state index in [1.807, 2.05) is 0 Å². The van der Waals surface area contributed by atoms with E-state index in [9.17, 15) is 14.7 Å². The monoisotopic (exact) mass is 271 g/mol. The molecule has 2 rings (SSSR count). The van der Waals surface area contributed by atoms with Crippen molar-refractivity contribution in [3.05, 3.63) is 12.2 Å². The number of hydrogen-bond donors (Lipinski definition) is 2. The van der Waals surface area contributed by atoms with Crippen molar-refractivity contribution < 1.29 is 28.9 Å². The molecule has 1 fully saturated rings. The van der Waals surface area contributed by atoms with Crippen LogP contribution in [0.3, 0.4) is 0 Å². The van der Waals surface area contributed by atoms with Gasteiger partial charge in [-0.05, 0) is 0 Å². The summed E-state index contributed by atoms with van der Waals surface area (Å²) in [6.45, 7) is 0.253. The molecule has 0 aromatic heterocycles. The van der Waals surface area contributed by atoms with Crippen LogP contribution in [0.25, 0.3) is 0 Å². The van der Waals surface area contributed by atoms with Gasteiger partial charge in [0.05, 0.1) is 12.5 Å². The van der Waals surface area contributed by atoms with E-state index >= 15 is 0 Å². The minimum absolute atomic E-state index is 0.253. The minimum atomic E-state index is -0.959. The summed E-state index contributed by atoms with van der Waals surface area (Å²) in [7, 11) is 2.98. The van der Waals surface area contributed by atoms with Gasteiger partial charge in [0, 0.05) is 20.3 Å². The second-order valence-electron chi connectivity index (χ2n) is 4.52. The van der Waals surface area contributed by atoms with Crippen LogP contribution in [0.2, 0.25) is 0 Å². The largest absolute Gasteiger partial charge is 0.388 e. The van der Waals surface area contributed by atoms with Gasteiger partial charge in [-0.1, -0.05) is 6.08 Å². The van der Waals surface area contributed by atoms with Gasteiger partial charge in [-0.2, -0.15) is 0 Å². The molecule has 7 heteroatoms. The average Bonchev–Trinajstić information content (AvgIpc) is 2.66. The highest BCUT2D eigenvalue weighted by atomic mass is 16.6. The van der Waals surface area contributed by atoms with Crippen molar-refractivity contribution in [2.24, 2.45) is 5.92 Å². The molecule has 0 aromatic carbocycles. The predicted molar refractivity (Wildman–Crippen MR) is 63.1 cm³/mol. The highest BCUT2D eigenvalue weighted by molar-refractivity contribution is 6.05. The lowest BCUT2D eigenvalue weighted by Gasteiger charge is -2.24. The van der Waals surface area contributed by atoms with Gasteiger partial charge in [0.1, 0.15) is 24.4 Å². The van der Waals surface area contributed by atoms with E-state index in [1.165, 1.54) is 26.4 Å². The van der Waals surface area contributed by atoms with Crippen molar-refractivity contribution in [2.45, 2.75) is 24.4 Å². The van der Waals surface area contributed by atoms with Gasteiger partial charge in [-0.25, -0.2) is 0 Å². The Morgan fingerprint density at radius 1 is 1.42 bits per heavy atom. The van der Waals surface area contributed by atoms with E-state index in [1.54, 1.807) is 0 Å². The van der Waals surface area contributed by atoms with Crippen LogP contribution in [0.15, 0.2) is 12.2 Å². The maximum Gasteiger partial charge on any atom is 0.250 e. The number of imide groups is 1. The van der Waals surface area contributed by atoms with Crippen LogP contribution in [0.4, 0.5) is 0 Å². The predicted octanol–water partition coefficient (Wildman–Crippen LogP) is -1.40. The zero-order valence-electron chi connectivity index (χ0n) is 10.7. The molecule has 1 saturated heterocycles. The third-order valence-electron chi connectivity index (χ3n) is 3.33. The number of ether oxygens (including phenoxy) is 3. The van der Waals surface area contributed by atoms with Crippen LogP contribution in [0, 0.1) is 5.92 Å². The molecule has 0 aromatic rings. The zero-order valence-corrected chi connectivity index (χ0v) is 10.7. The van der Waals surface area contributed by atoms with Crippen LogP contribution in [0.5, 0.6) is 0 Å². The molecule has 0 bridgehead atoms. The molecule has 2 unspecified atom stereocenters. The summed E-state index contributed by atoms with van der Waals surface area (Å²) in [5.74, 6) is -1.66. The minimum Gasteiger partial charge on any atom is -0.388 e. The number of aliphatic hydroxyl groups excluding tert-OH is 1. The van der Waals surface area contributed by atoms with Crippen LogP contribution in [-0.4, -0.2) is 62.2 Å². The Kier molecular flexibility index (Phi) is 4.31. The normalized spacial score (nSPS) is 38.6. The Bertz CT molecular complexity index is 396. The van der Waals surface area contributed by atoms with Gasteiger partial charge in [-0.15, -0.1) is 0 Å². The van der Waals surface area contributed by atoms with E-state index < -0.39 is 42.1 Å². The van der Waals surface area contributed by atoms with Crippen molar-refractivity contribution in [3.63, 3.8) is 0 Å². The summed E-state index contributed by atoms with van der Waals surface area (Å²) < 4.78 is 15.8. The molecule has 2 amide bonds. The maximum atomic E-state index is 11.8. The molecule has 19 heavy (non-hydrogen) atoms. The van der Waals surface area contributed by atoms with Crippen molar-refractivity contribution in [1.82, 2.24) is 5.32 Å². The molecule has 2 aliphatic rings. The van der Waals surface area contributed by atoms with Crippen molar-refractivity contribution in [2.75, 3.05) is 20.8 Å². The lowest BCUT2D eigenvalue weighted by atomic mass is 9.93. The summed E-state index contributed by atoms with van der Waals surface area (Å²) in [6, 6.07) is 0. The number of aliphatic hydroxyl groups is 1. The Morgan fingerprint density at radius 3 is 2.74 bits per heavy atom. The second kappa shape index (κ2) is 5.79. The standard InChI is InChI=1S/C12H17NO6/c1-17-5-7-11(18-2)9(15)10(19-7)6-3-4-8(14)13-12(6)16/h3-4,6-7,9-11,15H,5H2,1-2H3,(H,13,14,16)/t6?,7-,9-,10+,11?/m1/s1. The molecule has 0 aliphatic carbocycles. The molecule has 0 spiro atoms. The summed E-state index contributed by atoms with van der Waals surface area (Å²) in [4.78, 5) is 22.8. The molecule has 5 atom stereocenters. The third kappa shape index (κ3) is 2.69. The molecule has 0 radical (unpaired) electrons. The van der Waals surface area contributed by atoms with Gasteiger partial charge in [0.25, 0.3) is 0 Å². The summed E-state index contributed by atoms with van der Waals surface area (Å²) in [5.41, 5.74) is 0. The van der Waals surface area contributed by atoms with Gasteiger partial charge in [0.2, 0.25) is 11.8 Å². The van der Waals surface area contributed by atoms with E-state index in [0.717, 1.165) is 0 Å². The first kappa shape index (κ1) is 14.1. The molecule has 7 nitrogen and oxygen atoms in total. The van der Waals surface area contributed by atoms with E-state index in [4.69, 9.17) is 14.2 Å². The molecular formula is C12H17NO6. The number of nitrogens with one attached hydrogen (secondary N) is 1. The molecular weight excluding hydrogens is 254 g/mol. The molecule has 2 N–H and O–H groups in total. The SMILES string of the molecule is COC[C@H]1O[C@@H](C2C=CC(=O)NC2=O)[C@@H](O)C1OC. The Balaban J connectivity index is 2.14. The topological polar surface area (TPSA) is 94.1 Å². The van der Waals surface area contributed by atoms with Crippen molar-refractivity contribution >= 4 is 11.8 Å². The lowest BCUT2D eigenvalue weighted by Crippen LogP contribution is -2.46. The average molecular weight is 271 g/mol. The fourth-order valence-corrected chi connectivity index (χ4v) is 2.44. The first-order chi connectivity index (χ1) is 9.08. The highest BCUT2D eigenvalue weighted by Crippen LogP contribution is 2.30. The summed E-state index contributed by atoms with van der Waals surface area (Å²) >= 11 is 0. The molecule has 2 heterocycles. The first-order valence-corrected chi connectivity index (χ1v) is 5.96. The van der Waals surface area contributed by atoms with Crippen LogP contribution in [0.1, 0.15) is 0 Å². The summed E-state index contributed by atoms with van der Waals surface area (Å²) in [6.07, 6.45) is -0.0318. The Labute approximate surface area is 110 Å². The van der Waals surface area contributed by atoms with Crippen LogP contribution >= 0.6 is 0 Å². The number of carbonyl (C=O) groups is 2. The Hall–Kier alpha value is -1.28. The van der Waals surface area contributed by atoms with E-state index in [-0.39, 0.29) is 6.61 Å². The van der Waals surface area contributed by atoms with Crippen LogP contribution in [-0.2, 0) is 23.8 Å². The number of rotatable bonds is 4. The highest BCUT2D eigenvalue weighted by Gasteiger charge is 2.49. The number of carbonyl (C=O) groups excluding carboxylic acids is 2. The van der Waals surface area contributed by atoms with Crippen molar-refractivity contribution in [3.8, 4) is 0 Å². The second-order valence-corrected chi connectivity index (χ2v) is 4.52. The number of methoxy groups -OCH3 is 2. The first-order valence-electron chi connectivity index (χ1n) is 5.96. The smallest absolute Gasteiger partial charge is 0.250 e. The van der Waals surface area contributed by atoms with Crippen molar-refractivity contribution in [1.29, 1.82) is 0 Å². The number of amides is 2. The quantitative estimate of drug-likeness (QED) is 0.611. The number of hydrogen-bond acceptors (Lipinski definition) is 6. The van der Waals surface area contributed by atoms with Gasteiger partial charge in [0.15, 0.2) is 0 Å². The van der Waals surface area contributed by atoms with Gasteiger partial charge < -0.3 is 19.3 Å². The van der Waals surface area contributed by atoms with Crippen LogP contribution < -0.4 is 5.32 Å². The zero-order chi connectivity index (χ0) is 14.0. The molecule has 2 aliphatic heterocycles. The van der Waals surface area contributed by atoms with E-state index in [0.29, 0.717) is 0 Å². The maximum absolute atomic E-state index is 11.8. The molecule has 106 valence electrons. The van der Waals surface area contributed by atoms with Gasteiger partial charge in [-0.3, -0.25) is 14.9 Å². The fraction of sp³-hybridized carbons (Fsp3) is 0.667. The molecule has 0 saturated carbocycles. The van der Waals surface area contributed by atoms with E-state index in [2.05, 4.69) is 5.32 Å². The van der Waals surface area contributed by atoms with Gasteiger partial charge >= 0.3 is 0 Å².